The SMILES string of the molecule is CC[C@H](C)[C@H](NS(=O)(=O)c1csc2ccccc12)C(=O)O. The van der Waals surface area contributed by atoms with Gasteiger partial charge in [-0.1, -0.05) is 38.5 Å². The number of carbonyl (C=O) groups is 1. The van der Waals surface area contributed by atoms with Crippen LogP contribution in [-0.4, -0.2) is 25.5 Å². The van der Waals surface area contributed by atoms with Gasteiger partial charge in [0.15, 0.2) is 0 Å². The molecule has 0 saturated carbocycles. The van der Waals surface area contributed by atoms with Crippen molar-refractivity contribution in [2.75, 3.05) is 0 Å². The van der Waals surface area contributed by atoms with Crippen LogP contribution >= 0.6 is 11.3 Å². The molecule has 0 unspecified atom stereocenters. The van der Waals surface area contributed by atoms with Crippen molar-refractivity contribution in [3.8, 4) is 0 Å². The lowest BCUT2D eigenvalue weighted by Gasteiger charge is -2.19. The minimum atomic E-state index is -3.86. The monoisotopic (exact) mass is 327 g/mol. The highest BCUT2D eigenvalue weighted by Crippen LogP contribution is 2.29. The molecule has 0 amide bonds. The number of benzene rings is 1. The molecule has 7 heteroatoms. The first-order valence-electron chi connectivity index (χ1n) is 6.58. The minimum Gasteiger partial charge on any atom is -0.480 e. The lowest BCUT2D eigenvalue weighted by molar-refractivity contribution is -0.140. The summed E-state index contributed by atoms with van der Waals surface area (Å²) in [6, 6.07) is 6.03. The lowest BCUT2D eigenvalue weighted by Crippen LogP contribution is -2.44. The summed E-state index contributed by atoms with van der Waals surface area (Å²) in [6.45, 7) is 3.54. The van der Waals surface area contributed by atoms with E-state index in [0.29, 0.717) is 11.8 Å². The maximum Gasteiger partial charge on any atom is 0.322 e. The predicted molar refractivity (Wildman–Crippen MR) is 83.0 cm³/mol. The molecule has 114 valence electrons. The highest BCUT2D eigenvalue weighted by Gasteiger charge is 2.30. The van der Waals surface area contributed by atoms with Crippen molar-refractivity contribution < 1.29 is 18.3 Å². The van der Waals surface area contributed by atoms with Crippen molar-refractivity contribution in [3.63, 3.8) is 0 Å². The van der Waals surface area contributed by atoms with Gasteiger partial charge >= 0.3 is 5.97 Å². The highest BCUT2D eigenvalue weighted by molar-refractivity contribution is 7.90. The Morgan fingerprint density at radius 1 is 1.38 bits per heavy atom. The van der Waals surface area contributed by atoms with Gasteiger partial charge in [0.25, 0.3) is 0 Å². The number of carboxylic acid groups (broad SMARTS) is 1. The molecule has 0 aliphatic heterocycles. The van der Waals surface area contributed by atoms with E-state index in [-0.39, 0.29) is 10.8 Å². The van der Waals surface area contributed by atoms with Crippen molar-refractivity contribution >= 4 is 37.4 Å². The van der Waals surface area contributed by atoms with Gasteiger partial charge in [0.2, 0.25) is 10.0 Å². The summed E-state index contributed by atoms with van der Waals surface area (Å²) in [7, 11) is -3.86. The Morgan fingerprint density at radius 2 is 2.05 bits per heavy atom. The van der Waals surface area contributed by atoms with Gasteiger partial charge in [-0.15, -0.1) is 11.3 Å². The summed E-state index contributed by atoms with van der Waals surface area (Å²) in [6.07, 6.45) is 0.573. The van der Waals surface area contributed by atoms with Crippen molar-refractivity contribution in [3.05, 3.63) is 29.6 Å². The second kappa shape index (κ2) is 6.13. The maximum atomic E-state index is 12.5. The second-order valence-corrected chi connectivity index (χ2v) is 7.51. The zero-order valence-electron chi connectivity index (χ0n) is 11.7. The van der Waals surface area contributed by atoms with Crippen LogP contribution in [0.2, 0.25) is 0 Å². The highest BCUT2D eigenvalue weighted by atomic mass is 32.2. The molecule has 1 aromatic heterocycles. The van der Waals surface area contributed by atoms with E-state index in [1.165, 1.54) is 11.3 Å². The average Bonchev–Trinajstić information content (AvgIpc) is 2.88. The van der Waals surface area contributed by atoms with E-state index in [2.05, 4.69) is 4.72 Å². The Kier molecular flexibility index (Phi) is 4.65. The molecular formula is C14H17NO4S2. The molecule has 1 aromatic carbocycles. The lowest BCUT2D eigenvalue weighted by atomic mass is 10.0. The number of thiophene rings is 1. The van der Waals surface area contributed by atoms with Crippen LogP contribution in [0.25, 0.3) is 10.1 Å². The fraction of sp³-hybridized carbons (Fsp3) is 0.357. The van der Waals surface area contributed by atoms with Crippen molar-refractivity contribution in [1.29, 1.82) is 0 Å². The Hall–Kier alpha value is -1.44. The molecule has 0 fully saturated rings. The maximum absolute atomic E-state index is 12.5. The average molecular weight is 327 g/mol. The number of hydrogen-bond donors (Lipinski definition) is 2. The Bertz CT molecular complexity index is 751. The first-order chi connectivity index (χ1) is 9.86. The molecular weight excluding hydrogens is 310 g/mol. The minimum absolute atomic E-state index is 0.137. The molecule has 2 N–H and O–H groups in total. The number of sulfonamides is 1. The molecule has 2 aromatic rings. The molecule has 5 nitrogen and oxygen atoms in total. The summed E-state index contributed by atoms with van der Waals surface area (Å²) >= 11 is 1.32. The van der Waals surface area contributed by atoms with Crippen LogP contribution in [0.4, 0.5) is 0 Å². The summed E-state index contributed by atoms with van der Waals surface area (Å²) in [5.41, 5.74) is 0. The van der Waals surface area contributed by atoms with Crippen molar-refractivity contribution in [2.24, 2.45) is 5.92 Å². The van der Waals surface area contributed by atoms with Crippen LogP contribution in [0, 0.1) is 5.92 Å². The van der Waals surface area contributed by atoms with E-state index in [1.54, 1.807) is 24.4 Å². The fourth-order valence-electron chi connectivity index (χ4n) is 2.04. The predicted octanol–water partition coefficient (Wildman–Crippen LogP) is 2.68. The smallest absolute Gasteiger partial charge is 0.322 e. The molecule has 0 saturated heterocycles. The number of carboxylic acids is 1. The number of fused-ring (bicyclic) bond motifs is 1. The summed E-state index contributed by atoms with van der Waals surface area (Å²) < 4.78 is 28.1. The van der Waals surface area contributed by atoms with Gasteiger partial charge in [0.1, 0.15) is 10.9 Å². The van der Waals surface area contributed by atoms with Gasteiger partial charge in [0.05, 0.1) is 0 Å². The molecule has 0 aliphatic rings. The molecule has 2 rings (SSSR count). The second-order valence-electron chi connectivity index (χ2n) is 4.92. The van der Waals surface area contributed by atoms with Crippen molar-refractivity contribution in [1.82, 2.24) is 4.72 Å². The molecule has 2 atom stereocenters. The summed E-state index contributed by atoms with van der Waals surface area (Å²) in [5, 5.41) is 11.4. The van der Waals surface area contributed by atoms with Gasteiger partial charge in [-0.3, -0.25) is 4.79 Å². The molecule has 0 aliphatic carbocycles. The van der Waals surface area contributed by atoms with Crippen LogP contribution in [-0.2, 0) is 14.8 Å². The van der Waals surface area contributed by atoms with Gasteiger partial charge < -0.3 is 5.11 Å². The molecule has 0 spiro atoms. The van der Waals surface area contributed by atoms with Gasteiger partial charge in [-0.05, 0) is 12.0 Å². The number of rotatable bonds is 6. The Labute approximate surface area is 127 Å². The normalized spacial score (nSPS) is 15.0. The van der Waals surface area contributed by atoms with E-state index in [4.69, 9.17) is 0 Å². The topological polar surface area (TPSA) is 83.5 Å². The summed E-state index contributed by atoms with van der Waals surface area (Å²) in [4.78, 5) is 11.4. The first-order valence-corrected chi connectivity index (χ1v) is 8.94. The largest absolute Gasteiger partial charge is 0.480 e. The van der Waals surface area contributed by atoms with E-state index in [9.17, 15) is 18.3 Å². The van der Waals surface area contributed by atoms with E-state index in [1.807, 2.05) is 19.1 Å². The molecule has 1 heterocycles. The van der Waals surface area contributed by atoms with Crippen LogP contribution in [0.3, 0.4) is 0 Å². The zero-order chi connectivity index (χ0) is 15.6. The van der Waals surface area contributed by atoms with Gasteiger partial charge in [0, 0.05) is 15.5 Å². The Balaban J connectivity index is 2.40. The Morgan fingerprint density at radius 3 is 2.67 bits per heavy atom. The van der Waals surface area contributed by atoms with Crippen LogP contribution in [0.1, 0.15) is 20.3 Å². The van der Waals surface area contributed by atoms with Crippen LogP contribution in [0.5, 0.6) is 0 Å². The number of aliphatic carboxylic acids is 1. The third kappa shape index (κ3) is 3.25. The fourth-order valence-corrected chi connectivity index (χ4v) is 4.84. The molecule has 0 radical (unpaired) electrons. The number of nitrogens with one attached hydrogen (secondary N) is 1. The molecule has 21 heavy (non-hydrogen) atoms. The van der Waals surface area contributed by atoms with E-state index >= 15 is 0 Å². The quantitative estimate of drug-likeness (QED) is 0.854. The van der Waals surface area contributed by atoms with Gasteiger partial charge in [-0.2, -0.15) is 4.72 Å². The first kappa shape index (κ1) is 15.9. The van der Waals surface area contributed by atoms with Gasteiger partial charge in [-0.25, -0.2) is 8.42 Å². The molecule has 0 bridgehead atoms. The van der Waals surface area contributed by atoms with E-state index in [0.717, 1.165) is 4.70 Å². The standard InChI is InChI=1S/C14H17NO4S2/c1-3-9(2)13(14(16)17)15-21(18,19)12-8-20-11-7-5-4-6-10(11)12/h4-9,13,15H,3H2,1-2H3,(H,16,17)/t9-,13-/m0/s1. The third-order valence-electron chi connectivity index (χ3n) is 3.50. The third-order valence-corrected chi connectivity index (χ3v) is 6.09. The number of hydrogen-bond acceptors (Lipinski definition) is 4. The van der Waals surface area contributed by atoms with Crippen LogP contribution < -0.4 is 4.72 Å². The van der Waals surface area contributed by atoms with Crippen LogP contribution in [0.15, 0.2) is 34.5 Å². The summed E-state index contributed by atoms with van der Waals surface area (Å²) in [5.74, 6) is -1.45. The zero-order valence-corrected chi connectivity index (χ0v) is 13.4. The van der Waals surface area contributed by atoms with Crippen molar-refractivity contribution in [2.45, 2.75) is 31.2 Å². The van der Waals surface area contributed by atoms with E-state index < -0.39 is 22.0 Å².